The quantitative estimate of drug-likeness (QED) is 0.318. The summed E-state index contributed by atoms with van der Waals surface area (Å²) in [5.41, 5.74) is 0.818. The van der Waals surface area contributed by atoms with Gasteiger partial charge in [0.2, 0.25) is 0 Å². The van der Waals surface area contributed by atoms with E-state index in [9.17, 15) is 23.2 Å². The Labute approximate surface area is 206 Å². The fourth-order valence-corrected chi connectivity index (χ4v) is 4.10. The zero-order chi connectivity index (χ0) is 25.8. The highest BCUT2D eigenvalue weighted by Crippen LogP contribution is 2.28. The van der Waals surface area contributed by atoms with Gasteiger partial charge in [-0.15, -0.1) is 0 Å². The number of ether oxygens (including phenoxy) is 2. The molecule has 0 aromatic heterocycles. The molecule has 0 unspecified atom stereocenters. The minimum absolute atomic E-state index is 0.0596. The predicted molar refractivity (Wildman–Crippen MR) is 129 cm³/mol. The second-order valence-corrected chi connectivity index (χ2v) is 8.17. The molecule has 1 aliphatic heterocycles. The smallest absolute Gasteiger partial charge is 0.261 e. The van der Waals surface area contributed by atoms with Gasteiger partial charge >= 0.3 is 0 Å². The standard InChI is InChI=1S/C27H24F2N2O5/c1-35-19-13-17(14-20(16-19)36-2)25(32)30(24-10-9-18(28)15-23(24)29)11-5-6-12-31-26(33)21-7-3-4-8-22(21)27(31)34/h3-4,7-10,13-16H,5-6,11-12H2,1-2H3. The number of benzene rings is 3. The average molecular weight is 494 g/mol. The first-order valence-electron chi connectivity index (χ1n) is 11.3. The van der Waals surface area contributed by atoms with E-state index in [1.54, 1.807) is 30.3 Å². The molecule has 3 aromatic carbocycles. The van der Waals surface area contributed by atoms with Gasteiger partial charge in [0.15, 0.2) is 0 Å². The molecule has 0 bridgehead atoms. The minimum atomic E-state index is -0.890. The van der Waals surface area contributed by atoms with Crippen LogP contribution in [0, 0.1) is 11.6 Å². The van der Waals surface area contributed by atoms with Gasteiger partial charge in [-0.05, 0) is 49.2 Å². The largest absolute Gasteiger partial charge is 0.497 e. The van der Waals surface area contributed by atoms with Gasteiger partial charge in [0.25, 0.3) is 17.7 Å². The number of methoxy groups -OCH3 is 2. The highest BCUT2D eigenvalue weighted by Gasteiger charge is 2.34. The Morgan fingerprint density at radius 1 is 0.861 bits per heavy atom. The molecule has 0 N–H and O–H groups in total. The molecular weight excluding hydrogens is 470 g/mol. The fourth-order valence-electron chi connectivity index (χ4n) is 4.10. The minimum Gasteiger partial charge on any atom is -0.497 e. The summed E-state index contributed by atoms with van der Waals surface area (Å²) in [6.07, 6.45) is 0.719. The monoisotopic (exact) mass is 494 g/mol. The van der Waals surface area contributed by atoms with E-state index in [2.05, 4.69) is 0 Å². The molecule has 3 amide bonds. The van der Waals surface area contributed by atoms with Gasteiger partial charge in [-0.25, -0.2) is 8.78 Å². The Morgan fingerprint density at radius 3 is 2.03 bits per heavy atom. The van der Waals surface area contributed by atoms with Crippen molar-refractivity contribution in [3.63, 3.8) is 0 Å². The zero-order valence-corrected chi connectivity index (χ0v) is 19.8. The van der Waals surface area contributed by atoms with Crippen molar-refractivity contribution in [2.75, 3.05) is 32.2 Å². The summed E-state index contributed by atoms with van der Waals surface area (Å²) >= 11 is 0. The lowest BCUT2D eigenvalue weighted by Gasteiger charge is -2.24. The number of imide groups is 1. The number of rotatable bonds is 9. The molecule has 0 saturated heterocycles. The summed E-state index contributed by atoms with van der Waals surface area (Å²) in [5.74, 6) is -2.17. The molecule has 7 nitrogen and oxygen atoms in total. The van der Waals surface area contributed by atoms with E-state index >= 15 is 0 Å². The summed E-state index contributed by atoms with van der Waals surface area (Å²) in [4.78, 5) is 41.0. The number of hydrogen-bond donors (Lipinski definition) is 0. The predicted octanol–water partition coefficient (Wildman–Crippen LogP) is 4.71. The third kappa shape index (κ3) is 4.91. The number of nitrogens with zero attached hydrogens (tertiary/aromatic N) is 2. The van der Waals surface area contributed by atoms with E-state index in [-0.39, 0.29) is 36.2 Å². The number of carbonyl (C=O) groups excluding carboxylic acids is 3. The highest BCUT2D eigenvalue weighted by atomic mass is 19.1. The number of unbranched alkanes of at least 4 members (excludes halogenated alkanes) is 1. The molecule has 0 fully saturated rings. The fraction of sp³-hybridized carbons (Fsp3) is 0.222. The van der Waals surface area contributed by atoms with Crippen molar-refractivity contribution in [2.24, 2.45) is 0 Å². The van der Waals surface area contributed by atoms with Crippen LogP contribution in [0.2, 0.25) is 0 Å². The summed E-state index contributed by atoms with van der Waals surface area (Å²) in [6.45, 7) is 0.206. The van der Waals surface area contributed by atoms with Crippen LogP contribution in [0.25, 0.3) is 0 Å². The van der Waals surface area contributed by atoms with Gasteiger partial charge in [0.05, 0.1) is 31.0 Å². The van der Waals surface area contributed by atoms with Crippen molar-refractivity contribution in [3.8, 4) is 11.5 Å². The van der Waals surface area contributed by atoms with Gasteiger partial charge in [-0.3, -0.25) is 19.3 Å². The van der Waals surface area contributed by atoms with Crippen LogP contribution in [0.1, 0.15) is 43.9 Å². The Balaban J connectivity index is 1.52. The van der Waals surface area contributed by atoms with E-state index in [0.717, 1.165) is 6.07 Å². The van der Waals surface area contributed by atoms with Gasteiger partial charge in [-0.2, -0.15) is 0 Å². The van der Waals surface area contributed by atoms with E-state index in [0.29, 0.717) is 41.5 Å². The first-order valence-corrected chi connectivity index (χ1v) is 11.3. The van der Waals surface area contributed by atoms with Crippen molar-refractivity contribution in [1.29, 1.82) is 0 Å². The molecule has 0 radical (unpaired) electrons. The molecule has 0 aliphatic carbocycles. The lowest BCUT2D eigenvalue weighted by Crippen LogP contribution is -2.34. The molecule has 9 heteroatoms. The number of anilines is 1. The van der Waals surface area contributed by atoms with Gasteiger partial charge in [-0.1, -0.05) is 12.1 Å². The van der Waals surface area contributed by atoms with E-state index in [1.807, 2.05) is 0 Å². The molecule has 36 heavy (non-hydrogen) atoms. The highest BCUT2D eigenvalue weighted by molar-refractivity contribution is 6.21. The van der Waals surface area contributed by atoms with Crippen molar-refractivity contribution in [1.82, 2.24) is 4.90 Å². The number of halogens is 2. The van der Waals surface area contributed by atoms with Crippen LogP contribution in [0.3, 0.4) is 0 Å². The third-order valence-corrected chi connectivity index (χ3v) is 5.94. The second-order valence-electron chi connectivity index (χ2n) is 8.17. The van der Waals surface area contributed by atoms with Crippen molar-refractivity contribution >= 4 is 23.4 Å². The number of fused-ring (bicyclic) bond motifs is 1. The maximum Gasteiger partial charge on any atom is 0.261 e. The first-order chi connectivity index (χ1) is 17.3. The van der Waals surface area contributed by atoms with Crippen LogP contribution in [-0.2, 0) is 0 Å². The second kappa shape index (κ2) is 10.6. The molecule has 0 atom stereocenters. The van der Waals surface area contributed by atoms with E-state index < -0.39 is 17.5 Å². The van der Waals surface area contributed by atoms with E-state index in [4.69, 9.17) is 9.47 Å². The molecule has 0 saturated carbocycles. The SMILES string of the molecule is COc1cc(OC)cc(C(=O)N(CCCCN2C(=O)c3ccccc3C2=O)c2ccc(F)cc2F)c1. The first kappa shape index (κ1) is 24.8. The van der Waals surface area contributed by atoms with Crippen molar-refractivity contribution < 1.29 is 32.6 Å². The molecule has 3 aromatic rings. The molecule has 0 spiro atoms. The average Bonchev–Trinajstić information content (AvgIpc) is 3.13. The topological polar surface area (TPSA) is 76.2 Å². The van der Waals surface area contributed by atoms with Crippen molar-refractivity contribution in [3.05, 3.63) is 89.0 Å². The molecule has 1 aliphatic rings. The number of hydrogen-bond acceptors (Lipinski definition) is 5. The van der Waals surface area contributed by atoms with Crippen LogP contribution in [0.4, 0.5) is 14.5 Å². The summed E-state index contributed by atoms with van der Waals surface area (Å²) in [7, 11) is 2.89. The van der Waals surface area contributed by atoms with Crippen LogP contribution in [0.5, 0.6) is 11.5 Å². The number of amides is 3. The lowest BCUT2D eigenvalue weighted by molar-refractivity contribution is 0.0651. The molecule has 4 rings (SSSR count). The maximum absolute atomic E-state index is 14.7. The van der Waals surface area contributed by atoms with Crippen molar-refractivity contribution in [2.45, 2.75) is 12.8 Å². The van der Waals surface area contributed by atoms with Gasteiger partial charge in [0, 0.05) is 30.8 Å². The van der Waals surface area contributed by atoms with Crippen LogP contribution in [0.15, 0.2) is 60.7 Å². The van der Waals surface area contributed by atoms with Crippen LogP contribution >= 0.6 is 0 Å². The third-order valence-electron chi connectivity index (χ3n) is 5.94. The Morgan fingerprint density at radius 2 is 1.47 bits per heavy atom. The van der Waals surface area contributed by atoms with Gasteiger partial charge in [0.1, 0.15) is 23.1 Å². The summed E-state index contributed by atoms with van der Waals surface area (Å²) in [6, 6.07) is 14.2. The summed E-state index contributed by atoms with van der Waals surface area (Å²) in [5, 5.41) is 0. The van der Waals surface area contributed by atoms with Crippen LogP contribution < -0.4 is 14.4 Å². The maximum atomic E-state index is 14.7. The Kier molecular flexibility index (Phi) is 7.28. The zero-order valence-electron chi connectivity index (χ0n) is 19.8. The molecule has 186 valence electrons. The molecule has 1 heterocycles. The normalized spacial score (nSPS) is 12.5. The summed E-state index contributed by atoms with van der Waals surface area (Å²) < 4.78 is 38.7. The Bertz CT molecular complexity index is 1270. The van der Waals surface area contributed by atoms with E-state index in [1.165, 1.54) is 42.2 Å². The Hall–Kier alpha value is -4.27. The van der Waals surface area contributed by atoms with Crippen LogP contribution in [-0.4, -0.2) is 49.9 Å². The molecular formula is C27H24F2N2O5. The lowest BCUT2D eigenvalue weighted by atomic mass is 10.1. The van der Waals surface area contributed by atoms with Gasteiger partial charge < -0.3 is 14.4 Å². The number of carbonyl (C=O) groups is 3.